The summed E-state index contributed by atoms with van der Waals surface area (Å²) in [5.74, 6) is -0.326. The van der Waals surface area contributed by atoms with Gasteiger partial charge in [-0.15, -0.1) is 0 Å². The molecule has 0 fully saturated rings. The van der Waals surface area contributed by atoms with E-state index in [2.05, 4.69) is 0 Å². The van der Waals surface area contributed by atoms with Gasteiger partial charge in [0.2, 0.25) is 0 Å². The molecule has 2 aromatic carbocycles. The molecule has 4 nitrogen and oxygen atoms in total. The van der Waals surface area contributed by atoms with Gasteiger partial charge in [-0.05, 0) is 36.4 Å². The van der Waals surface area contributed by atoms with E-state index in [1.165, 1.54) is 7.11 Å². The minimum Gasteiger partial charge on any atom is -0.465 e. The predicted molar refractivity (Wildman–Crippen MR) is 78.6 cm³/mol. The Kier molecular flexibility index (Phi) is 3.51. The number of esters is 1. The summed E-state index contributed by atoms with van der Waals surface area (Å²) in [6, 6.07) is 17.4. The number of methoxy groups -OCH3 is 1. The summed E-state index contributed by atoms with van der Waals surface area (Å²) in [4.78, 5) is 11.4. The number of hydrogen-bond donors (Lipinski definition) is 0. The van der Waals surface area contributed by atoms with E-state index in [-0.39, 0.29) is 5.97 Å². The van der Waals surface area contributed by atoms with Crippen molar-refractivity contribution in [3.8, 4) is 11.4 Å². The van der Waals surface area contributed by atoms with E-state index in [4.69, 9.17) is 4.74 Å². The van der Waals surface area contributed by atoms with Crippen molar-refractivity contribution in [3.05, 3.63) is 78.9 Å². The van der Waals surface area contributed by atoms with Crippen molar-refractivity contribution >= 4 is 5.97 Å². The van der Waals surface area contributed by atoms with Crippen LogP contribution in [0.4, 0.5) is 0 Å². The van der Waals surface area contributed by atoms with E-state index >= 15 is 0 Å². The van der Waals surface area contributed by atoms with Crippen LogP contribution in [0.15, 0.2) is 73.3 Å². The van der Waals surface area contributed by atoms with E-state index in [1.807, 2.05) is 70.3 Å². The topological polar surface area (TPSA) is 35.1 Å². The Hall–Kier alpha value is -2.88. The Morgan fingerprint density at radius 2 is 1.76 bits per heavy atom. The molecule has 0 spiro atoms. The Bertz CT molecular complexity index is 746. The lowest BCUT2D eigenvalue weighted by molar-refractivity contribution is -0.594. The molecule has 0 saturated carbocycles. The fourth-order valence-electron chi connectivity index (χ4n) is 2.15. The van der Waals surface area contributed by atoms with Crippen LogP contribution in [0.3, 0.4) is 0 Å². The average Bonchev–Trinajstić information content (AvgIpc) is 3.05. The lowest BCUT2D eigenvalue weighted by atomic mass is 10.2. The van der Waals surface area contributed by atoms with Crippen LogP contribution in [0.5, 0.6) is 0 Å². The molecule has 0 aliphatic carbocycles. The standard InChI is InChI=1S/C17H15N2O2/c1-21-17(20)14-7-9-16(10-8-14)19-12-11-18(13-19)15-5-3-2-4-6-15/h2-13H,1H3/q+1. The monoisotopic (exact) mass is 279 g/mol. The Morgan fingerprint density at radius 1 is 1.05 bits per heavy atom. The molecule has 21 heavy (non-hydrogen) atoms. The summed E-state index contributed by atoms with van der Waals surface area (Å²) in [5, 5.41) is 0. The first-order valence-corrected chi connectivity index (χ1v) is 6.61. The summed E-state index contributed by atoms with van der Waals surface area (Å²) in [6.07, 6.45) is 5.95. The molecule has 1 aromatic heterocycles. The van der Waals surface area contributed by atoms with Gasteiger partial charge >= 0.3 is 5.97 Å². The zero-order valence-electron chi connectivity index (χ0n) is 11.6. The lowest BCUT2D eigenvalue weighted by Crippen LogP contribution is -2.27. The molecule has 104 valence electrons. The van der Waals surface area contributed by atoms with Crippen LogP contribution in [0.25, 0.3) is 11.4 Å². The number of rotatable bonds is 3. The minimum absolute atomic E-state index is 0.326. The van der Waals surface area contributed by atoms with Gasteiger partial charge in [0.1, 0.15) is 23.8 Å². The number of carbonyl (C=O) groups excluding carboxylic acids is 1. The summed E-state index contributed by atoms with van der Waals surface area (Å²) in [7, 11) is 1.38. The second kappa shape index (κ2) is 5.63. The van der Waals surface area contributed by atoms with Crippen molar-refractivity contribution in [1.29, 1.82) is 0 Å². The highest BCUT2D eigenvalue weighted by Crippen LogP contribution is 2.08. The second-order valence-corrected chi connectivity index (χ2v) is 4.60. The fraction of sp³-hybridized carbons (Fsp3) is 0.0588. The highest BCUT2D eigenvalue weighted by Gasteiger charge is 2.10. The van der Waals surface area contributed by atoms with E-state index in [0.29, 0.717) is 5.56 Å². The highest BCUT2D eigenvalue weighted by molar-refractivity contribution is 5.89. The van der Waals surface area contributed by atoms with Gasteiger partial charge in [-0.25, -0.2) is 13.9 Å². The van der Waals surface area contributed by atoms with E-state index < -0.39 is 0 Å². The van der Waals surface area contributed by atoms with Gasteiger partial charge in [0.05, 0.1) is 12.7 Å². The molecule has 0 unspecified atom stereocenters. The molecule has 0 bridgehead atoms. The Balaban J connectivity index is 1.88. The third-order valence-corrected chi connectivity index (χ3v) is 3.28. The number of aromatic nitrogens is 2. The van der Waals surface area contributed by atoms with Crippen LogP contribution in [-0.4, -0.2) is 17.6 Å². The molecule has 3 rings (SSSR count). The molecule has 0 aliphatic rings. The van der Waals surface area contributed by atoms with Crippen LogP contribution in [-0.2, 0) is 4.74 Å². The van der Waals surface area contributed by atoms with Gasteiger partial charge < -0.3 is 4.74 Å². The van der Waals surface area contributed by atoms with Crippen molar-refractivity contribution in [1.82, 2.24) is 4.57 Å². The highest BCUT2D eigenvalue weighted by atomic mass is 16.5. The maximum Gasteiger partial charge on any atom is 0.337 e. The fourth-order valence-corrected chi connectivity index (χ4v) is 2.15. The zero-order chi connectivity index (χ0) is 14.7. The summed E-state index contributed by atoms with van der Waals surface area (Å²) >= 11 is 0. The minimum atomic E-state index is -0.326. The van der Waals surface area contributed by atoms with Gasteiger partial charge in [0.25, 0.3) is 6.33 Å². The van der Waals surface area contributed by atoms with Crippen molar-refractivity contribution < 1.29 is 14.1 Å². The van der Waals surface area contributed by atoms with Gasteiger partial charge in [-0.3, -0.25) is 0 Å². The van der Waals surface area contributed by atoms with Crippen LogP contribution in [0, 0.1) is 0 Å². The number of para-hydroxylation sites is 1. The molecule has 0 radical (unpaired) electrons. The van der Waals surface area contributed by atoms with Crippen molar-refractivity contribution in [2.24, 2.45) is 0 Å². The molecular weight excluding hydrogens is 264 g/mol. The van der Waals surface area contributed by atoms with Gasteiger partial charge in [0, 0.05) is 0 Å². The molecule has 0 aliphatic heterocycles. The zero-order valence-corrected chi connectivity index (χ0v) is 11.6. The Labute approximate surface area is 122 Å². The molecule has 0 atom stereocenters. The molecule has 0 saturated heterocycles. The number of ether oxygens (including phenoxy) is 1. The van der Waals surface area contributed by atoms with Crippen molar-refractivity contribution in [3.63, 3.8) is 0 Å². The SMILES string of the molecule is COC(=O)c1ccc(-[n+]2ccn(-c3ccccc3)c2)cc1. The van der Waals surface area contributed by atoms with Crippen LogP contribution in [0.1, 0.15) is 10.4 Å². The number of carbonyl (C=O) groups is 1. The first-order chi connectivity index (χ1) is 10.3. The summed E-state index contributed by atoms with van der Waals surface area (Å²) in [6.45, 7) is 0. The molecule has 0 N–H and O–H groups in total. The van der Waals surface area contributed by atoms with Crippen molar-refractivity contribution in [2.45, 2.75) is 0 Å². The van der Waals surface area contributed by atoms with Crippen LogP contribution < -0.4 is 4.57 Å². The summed E-state index contributed by atoms with van der Waals surface area (Å²) in [5.41, 5.74) is 2.63. The lowest BCUT2D eigenvalue weighted by Gasteiger charge is -1.99. The predicted octanol–water partition coefficient (Wildman–Crippen LogP) is 2.54. The first kappa shape index (κ1) is 13.1. The van der Waals surface area contributed by atoms with Gasteiger partial charge in [-0.2, -0.15) is 0 Å². The number of imidazole rings is 1. The third kappa shape index (κ3) is 2.69. The van der Waals surface area contributed by atoms with E-state index in [9.17, 15) is 4.79 Å². The molecule has 4 heteroatoms. The largest absolute Gasteiger partial charge is 0.465 e. The molecule has 1 heterocycles. The molecular formula is C17H15N2O2+. The molecule has 0 amide bonds. The number of hydrogen-bond acceptors (Lipinski definition) is 2. The maximum absolute atomic E-state index is 11.4. The van der Waals surface area contributed by atoms with E-state index in [0.717, 1.165) is 11.4 Å². The number of benzene rings is 2. The normalized spacial score (nSPS) is 10.3. The summed E-state index contributed by atoms with van der Waals surface area (Å²) < 4.78 is 8.72. The average molecular weight is 279 g/mol. The van der Waals surface area contributed by atoms with Crippen LogP contribution in [0.2, 0.25) is 0 Å². The van der Waals surface area contributed by atoms with Gasteiger partial charge in [-0.1, -0.05) is 18.2 Å². The van der Waals surface area contributed by atoms with Crippen molar-refractivity contribution in [2.75, 3.05) is 7.11 Å². The number of nitrogens with zero attached hydrogens (tertiary/aromatic N) is 2. The smallest absolute Gasteiger partial charge is 0.337 e. The first-order valence-electron chi connectivity index (χ1n) is 6.61. The van der Waals surface area contributed by atoms with Gasteiger partial charge in [0.15, 0.2) is 0 Å². The van der Waals surface area contributed by atoms with E-state index in [1.54, 1.807) is 12.1 Å². The third-order valence-electron chi connectivity index (χ3n) is 3.28. The molecule has 3 aromatic rings. The van der Waals surface area contributed by atoms with Crippen LogP contribution >= 0.6 is 0 Å². The quantitative estimate of drug-likeness (QED) is 0.545. The Morgan fingerprint density at radius 3 is 2.43 bits per heavy atom. The maximum atomic E-state index is 11.4. The second-order valence-electron chi connectivity index (χ2n) is 4.60.